The highest BCUT2D eigenvalue weighted by molar-refractivity contribution is 7.80. The van der Waals surface area contributed by atoms with Crippen molar-refractivity contribution < 1.29 is 4.79 Å². The Labute approximate surface area is 148 Å². The average molecular weight is 339 g/mol. The second-order valence-corrected chi connectivity index (χ2v) is 5.64. The number of rotatable bonds is 7. The molecule has 0 unspecified atom stereocenters. The lowest BCUT2D eigenvalue weighted by molar-refractivity contribution is -0.116. The Hall–Kier alpha value is -2.66. The zero-order chi connectivity index (χ0) is 17.2. The molecule has 124 valence electrons. The van der Waals surface area contributed by atoms with Gasteiger partial charge in [-0.1, -0.05) is 36.4 Å². The number of anilines is 2. The van der Waals surface area contributed by atoms with Crippen LogP contribution in [0.1, 0.15) is 12.0 Å². The molecule has 0 saturated heterocycles. The maximum Gasteiger partial charge on any atom is 0.224 e. The van der Waals surface area contributed by atoms with E-state index in [9.17, 15) is 4.79 Å². The predicted octanol–water partition coefficient (Wildman–Crippen LogP) is 3.73. The van der Waals surface area contributed by atoms with Gasteiger partial charge in [-0.15, -0.1) is 6.58 Å². The summed E-state index contributed by atoms with van der Waals surface area (Å²) in [6.45, 7) is 4.24. The van der Waals surface area contributed by atoms with Crippen LogP contribution < -0.4 is 16.0 Å². The molecule has 0 aromatic heterocycles. The number of benzene rings is 2. The van der Waals surface area contributed by atoms with E-state index in [1.807, 2.05) is 54.6 Å². The van der Waals surface area contributed by atoms with Crippen molar-refractivity contribution in [1.29, 1.82) is 0 Å². The van der Waals surface area contributed by atoms with Gasteiger partial charge in [0.25, 0.3) is 0 Å². The summed E-state index contributed by atoms with van der Waals surface area (Å²) in [5, 5.41) is 9.49. The van der Waals surface area contributed by atoms with Gasteiger partial charge in [-0.05, 0) is 48.5 Å². The summed E-state index contributed by atoms with van der Waals surface area (Å²) >= 11 is 5.15. The minimum Gasteiger partial charge on any atom is -0.359 e. The SMILES string of the molecule is C=CCNC(=S)Nc1ccc(NC(=O)CCc2ccccc2)cc1. The first-order chi connectivity index (χ1) is 11.7. The van der Waals surface area contributed by atoms with Crippen molar-refractivity contribution in [3.8, 4) is 0 Å². The van der Waals surface area contributed by atoms with Crippen molar-refractivity contribution in [1.82, 2.24) is 5.32 Å². The number of thiocarbonyl (C=S) groups is 1. The van der Waals surface area contributed by atoms with E-state index in [0.29, 0.717) is 18.1 Å². The summed E-state index contributed by atoms with van der Waals surface area (Å²) in [5.74, 6) is 0.00253. The van der Waals surface area contributed by atoms with Crippen LogP contribution in [0, 0.1) is 0 Å². The normalized spacial score (nSPS) is 9.83. The van der Waals surface area contributed by atoms with Gasteiger partial charge in [0.1, 0.15) is 0 Å². The molecular weight excluding hydrogens is 318 g/mol. The van der Waals surface area contributed by atoms with Crippen LogP contribution in [0.2, 0.25) is 0 Å². The van der Waals surface area contributed by atoms with E-state index in [1.165, 1.54) is 0 Å². The third-order valence-electron chi connectivity index (χ3n) is 3.32. The number of hydrogen-bond acceptors (Lipinski definition) is 2. The first-order valence-corrected chi connectivity index (χ1v) is 8.18. The molecule has 0 fully saturated rings. The van der Waals surface area contributed by atoms with Crippen molar-refractivity contribution in [3.05, 3.63) is 72.8 Å². The molecule has 0 radical (unpaired) electrons. The molecule has 0 heterocycles. The minimum absolute atomic E-state index is 0.00253. The van der Waals surface area contributed by atoms with Crippen LogP contribution in [-0.2, 0) is 11.2 Å². The van der Waals surface area contributed by atoms with E-state index in [2.05, 4.69) is 22.5 Å². The molecule has 2 aromatic carbocycles. The summed E-state index contributed by atoms with van der Waals surface area (Å²) in [5.41, 5.74) is 2.79. The number of hydrogen-bond donors (Lipinski definition) is 3. The van der Waals surface area contributed by atoms with Crippen LogP contribution in [0.5, 0.6) is 0 Å². The highest BCUT2D eigenvalue weighted by atomic mass is 32.1. The van der Waals surface area contributed by atoms with E-state index < -0.39 is 0 Å². The van der Waals surface area contributed by atoms with E-state index >= 15 is 0 Å². The largest absolute Gasteiger partial charge is 0.359 e. The Morgan fingerprint density at radius 1 is 1.00 bits per heavy atom. The van der Waals surface area contributed by atoms with Gasteiger partial charge in [-0.2, -0.15) is 0 Å². The van der Waals surface area contributed by atoms with Gasteiger partial charge in [0.15, 0.2) is 5.11 Å². The Kier molecular flexibility index (Phi) is 6.98. The first-order valence-electron chi connectivity index (χ1n) is 7.77. The maximum absolute atomic E-state index is 12.0. The molecule has 0 spiro atoms. The summed E-state index contributed by atoms with van der Waals surface area (Å²) < 4.78 is 0. The van der Waals surface area contributed by atoms with E-state index in [-0.39, 0.29) is 5.91 Å². The van der Waals surface area contributed by atoms with Crippen molar-refractivity contribution in [2.75, 3.05) is 17.2 Å². The van der Waals surface area contributed by atoms with Gasteiger partial charge in [0.05, 0.1) is 0 Å². The van der Waals surface area contributed by atoms with Crippen molar-refractivity contribution in [2.45, 2.75) is 12.8 Å². The topological polar surface area (TPSA) is 53.2 Å². The van der Waals surface area contributed by atoms with E-state index in [0.717, 1.165) is 23.4 Å². The molecule has 3 N–H and O–H groups in total. The molecule has 4 nitrogen and oxygen atoms in total. The highest BCUT2D eigenvalue weighted by Crippen LogP contribution is 2.14. The van der Waals surface area contributed by atoms with Gasteiger partial charge in [-0.25, -0.2) is 0 Å². The van der Waals surface area contributed by atoms with E-state index in [4.69, 9.17) is 12.2 Å². The van der Waals surface area contributed by atoms with Crippen LogP contribution in [-0.4, -0.2) is 17.6 Å². The summed E-state index contributed by atoms with van der Waals surface area (Å²) in [6.07, 6.45) is 2.93. The van der Waals surface area contributed by atoms with Gasteiger partial charge < -0.3 is 16.0 Å². The van der Waals surface area contributed by atoms with Crippen LogP contribution >= 0.6 is 12.2 Å². The standard InChI is InChI=1S/C19H21N3OS/c1-2-14-20-19(24)22-17-11-9-16(10-12-17)21-18(23)13-8-15-6-4-3-5-7-15/h2-7,9-12H,1,8,13-14H2,(H,21,23)(H2,20,22,24). The second kappa shape index (κ2) is 9.47. The van der Waals surface area contributed by atoms with Crippen LogP contribution in [0.15, 0.2) is 67.3 Å². The lowest BCUT2D eigenvalue weighted by atomic mass is 10.1. The summed E-state index contributed by atoms with van der Waals surface area (Å²) in [4.78, 5) is 12.0. The maximum atomic E-state index is 12.0. The van der Waals surface area contributed by atoms with Gasteiger partial charge >= 0.3 is 0 Å². The molecule has 0 aliphatic heterocycles. The Morgan fingerprint density at radius 3 is 2.25 bits per heavy atom. The molecule has 0 atom stereocenters. The minimum atomic E-state index is 0.00253. The van der Waals surface area contributed by atoms with Crippen LogP contribution in [0.3, 0.4) is 0 Å². The third kappa shape index (κ3) is 6.22. The van der Waals surface area contributed by atoms with Crippen molar-refractivity contribution in [2.24, 2.45) is 0 Å². The monoisotopic (exact) mass is 339 g/mol. The predicted molar refractivity (Wildman–Crippen MR) is 104 cm³/mol. The van der Waals surface area contributed by atoms with Gasteiger partial charge in [0.2, 0.25) is 5.91 Å². The fourth-order valence-electron chi connectivity index (χ4n) is 2.10. The molecular formula is C19H21N3OS. The number of amides is 1. The molecule has 2 aromatic rings. The molecule has 5 heteroatoms. The summed E-state index contributed by atoms with van der Waals surface area (Å²) in [7, 11) is 0. The van der Waals surface area contributed by atoms with Crippen LogP contribution in [0.25, 0.3) is 0 Å². The third-order valence-corrected chi connectivity index (χ3v) is 3.56. The molecule has 0 saturated carbocycles. The van der Waals surface area contributed by atoms with Gasteiger partial charge in [-0.3, -0.25) is 4.79 Å². The fraction of sp³-hybridized carbons (Fsp3) is 0.158. The number of aryl methyl sites for hydroxylation is 1. The first kappa shape index (κ1) is 17.7. The summed E-state index contributed by atoms with van der Waals surface area (Å²) in [6, 6.07) is 17.4. The zero-order valence-electron chi connectivity index (χ0n) is 13.4. The molecule has 2 rings (SSSR count). The molecule has 1 amide bonds. The molecule has 0 bridgehead atoms. The quantitative estimate of drug-likeness (QED) is 0.531. The Morgan fingerprint density at radius 2 is 1.62 bits per heavy atom. The number of nitrogens with one attached hydrogen (secondary N) is 3. The van der Waals surface area contributed by atoms with E-state index in [1.54, 1.807) is 6.08 Å². The lowest BCUT2D eigenvalue weighted by Gasteiger charge is -2.10. The second-order valence-electron chi connectivity index (χ2n) is 5.23. The van der Waals surface area contributed by atoms with Crippen LogP contribution in [0.4, 0.5) is 11.4 Å². The number of carbonyl (C=O) groups is 1. The fourth-order valence-corrected chi connectivity index (χ4v) is 2.30. The average Bonchev–Trinajstić information content (AvgIpc) is 2.61. The number of carbonyl (C=O) groups excluding carboxylic acids is 1. The van der Waals surface area contributed by atoms with Gasteiger partial charge in [0, 0.05) is 24.3 Å². The molecule has 0 aliphatic rings. The molecule has 24 heavy (non-hydrogen) atoms. The lowest BCUT2D eigenvalue weighted by Crippen LogP contribution is -2.28. The zero-order valence-corrected chi connectivity index (χ0v) is 14.2. The smallest absolute Gasteiger partial charge is 0.224 e. The Bertz CT molecular complexity index is 684. The van der Waals surface area contributed by atoms with Crippen molar-refractivity contribution in [3.63, 3.8) is 0 Å². The Balaban J connectivity index is 1.79. The highest BCUT2D eigenvalue weighted by Gasteiger charge is 2.03. The molecule has 0 aliphatic carbocycles. The van der Waals surface area contributed by atoms with Crippen molar-refractivity contribution >= 4 is 34.6 Å².